The molecule has 4 nitrogen and oxygen atoms in total. The van der Waals surface area contributed by atoms with Crippen molar-refractivity contribution in [3.63, 3.8) is 0 Å². The number of halogens is 1. The van der Waals surface area contributed by atoms with E-state index in [1.54, 1.807) is 4.68 Å². The van der Waals surface area contributed by atoms with Gasteiger partial charge in [-0.25, -0.2) is 4.68 Å². The normalized spacial score (nSPS) is 10.5. The van der Waals surface area contributed by atoms with Gasteiger partial charge in [0.05, 0.1) is 18.8 Å². The Morgan fingerprint density at radius 2 is 2.50 bits per heavy atom. The van der Waals surface area contributed by atoms with Gasteiger partial charge in [0.2, 0.25) is 0 Å². The third kappa shape index (κ3) is 2.91. The molecule has 5 heteroatoms. The topological polar surface area (TPSA) is 39.9 Å². The summed E-state index contributed by atoms with van der Waals surface area (Å²) in [5.41, 5.74) is 0.950. The van der Waals surface area contributed by atoms with Crippen molar-refractivity contribution in [3.05, 3.63) is 11.9 Å². The van der Waals surface area contributed by atoms with E-state index in [-0.39, 0.29) is 0 Å². The lowest BCUT2D eigenvalue weighted by Gasteiger charge is -1.99. The number of hydrogen-bond acceptors (Lipinski definition) is 3. The Hall–Kier alpha value is -0.420. The second-order valence-electron chi connectivity index (χ2n) is 2.30. The molecule has 68 valence electrons. The summed E-state index contributed by atoms with van der Waals surface area (Å²) in [4.78, 5) is 0. The molecule has 1 aromatic rings. The predicted octanol–water partition coefficient (Wildman–Crippen LogP) is 1.21. The maximum Gasteiger partial charge on any atom is 0.0932 e. The molecule has 0 N–H and O–H groups in total. The Labute approximate surface area is 80.0 Å². The Kier molecular flexibility index (Phi) is 4.24. The molecule has 1 heterocycles. The highest BCUT2D eigenvalue weighted by molar-refractivity contribution is 9.08. The van der Waals surface area contributed by atoms with Gasteiger partial charge in [0.1, 0.15) is 0 Å². The van der Waals surface area contributed by atoms with Gasteiger partial charge < -0.3 is 4.74 Å². The standard InChI is InChI=1S/C7H12BrN3O/c1-2-12-4-3-11-6-7(5-8)9-10-11/h6H,2-5H2,1H3. The molecule has 0 unspecified atom stereocenters. The summed E-state index contributed by atoms with van der Waals surface area (Å²) in [7, 11) is 0. The van der Waals surface area contributed by atoms with Crippen molar-refractivity contribution >= 4 is 15.9 Å². The fraction of sp³-hybridized carbons (Fsp3) is 0.714. The summed E-state index contributed by atoms with van der Waals surface area (Å²) in [5.74, 6) is 0. The first kappa shape index (κ1) is 9.67. The van der Waals surface area contributed by atoms with E-state index in [1.807, 2.05) is 13.1 Å². The van der Waals surface area contributed by atoms with Crippen molar-refractivity contribution < 1.29 is 4.74 Å². The van der Waals surface area contributed by atoms with E-state index in [1.165, 1.54) is 0 Å². The van der Waals surface area contributed by atoms with Crippen LogP contribution in [0.4, 0.5) is 0 Å². The molecule has 12 heavy (non-hydrogen) atoms. The van der Waals surface area contributed by atoms with Crippen LogP contribution in [0.1, 0.15) is 12.6 Å². The van der Waals surface area contributed by atoms with Gasteiger partial charge in [-0.3, -0.25) is 0 Å². The van der Waals surface area contributed by atoms with Crippen LogP contribution in [0.25, 0.3) is 0 Å². The van der Waals surface area contributed by atoms with Gasteiger partial charge in [0.15, 0.2) is 0 Å². The SMILES string of the molecule is CCOCCn1cc(CBr)nn1. The van der Waals surface area contributed by atoms with E-state index in [9.17, 15) is 0 Å². The lowest BCUT2D eigenvalue weighted by Crippen LogP contribution is -2.06. The van der Waals surface area contributed by atoms with E-state index < -0.39 is 0 Å². The maximum absolute atomic E-state index is 5.18. The number of alkyl halides is 1. The van der Waals surface area contributed by atoms with Crippen LogP contribution >= 0.6 is 15.9 Å². The van der Waals surface area contributed by atoms with Crippen LogP contribution in [0.2, 0.25) is 0 Å². The summed E-state index contributed by atoms with van der Waals surface area (Å²) in [6, 6.07) is 0. The van der Waals surface area contributed by atoms with Crippen molar-refractivity contribution in [2.75, 3.05) is 13.2 Å². The highest BCUT2D eigenvalue weighted by Gasteiger charge is 1.97. The summed E-state index contributed by atoms with van der Waals surface area (Å²) in [5, 5.41) is 8.59. The molecule has 0 bridgehead atoms. The van der Waals surface area contributed by atoms with Gasteiger partial charge in [-0.05, 0) is 6.92 Å². The van der Waals surface area contributed by atoms with E-state index in [0.29, 0.717) is 6.61 Å². The zero-order valence-electron chi connectivity index (χ0n) is 7.03. The second-order valence-corrected chi connectivity index (χ2v) is 2.86. The molecular formula is C7H12BrN3O. The zero-order chi connectivity index (χ0) is 8.81. The molecule has 0 radical (unpaired) electrons. The zero-order valence-corrected chi connectivity index (χ0v) is 8.62. The number of aromatic nitrogens is 3. The van der Waals surface area contributed by atoms with Gasteiger partial charge >= 0.3 is 0 Å². The van der Waals surface area contributed by atoms with Crippen LogP contribution in [0.15, 0.2) is 6.20 Å². The third-order valence-corrected chi connectivity index (χ3v) is 1.97. The molecule has 1 aromatic heterocycles. The molecule has 0 aromatic carbocycles. The van der Waals surface area contributed by atoms with Crippen LogP contribution < -0.4 is 0 Å². The maximum atomic E-state index is 5.18. The highest BCUT2D eigenvalue weighted by atomic mass is 79.9. The van der Waals surface area contributed by atoms with Crippen LogP contribution in [-0.4, -0.2) is 28.2 Å². The molecule has 0 aliphatic rings. The fourth-order valence-corrected chi connectivity index (χ4v) is 1.07. The molecule has 0 aliphatic carbocycles. The lowest BCUT2D eigenvalue weighted by molar-refractivity contribution is 0.136. The minimum Gasteiger partial charge on any atom is -0.380 e. The second kappa shape index (κ2) is 5.27. The Morgan fingerprint density at radius 1 is 1.67 bits per heavy atom. The van der Waals surface area contributed by atoms with E-state index in [2.05, 4.69) is 26.2 Å². The van der Waals surface area contributed by atoms with Gasteiger partial charge in [0, 0.05) is 18.1 Å². The minimum absolute atomic E-state index is 0.696. The molecule has 0 atom stereocenters. The summed E-state index contributed by atoms with van der Waals surface area (Å²) >= 11 is 3.31. The average molecular weight is 234 g/mol. The van der Waals surface area contributed by atoms with E-state index in [0.717, 1.165) is 24.2 Å². The molecule has 1 rings (SSSR count). The Balaban J connectivity index is 2.31. The van der Waals surface area contributed by atoms with Gasteiger partial charge in [-0.1, -0.05) is 21.1 Å². The summed E-state index contributed by atoms with van der Waals surface area (Å²) < 4.78 is 6.96. The molecule has 0 spiro atoms. The smallest absolute Gasteiger partial charge is 0.0932 e. The van der Waals surface area contributed by atoms with Crippen LogP contribution in [0.3, 0.4) is 0 Å². The van der Waals surface area contributed by atoms with E-state index in [4.69, 9.17) is 4.74 Å². The molecule has 0 amide bonds. The number of hydrogen-bond donors (Lipinski definition) is 0. The number of rotatable bonds is 5. The number of nitrogens with zero attached hydrogens (tertiary/aromatic N) is 3. The van der Waals surface area contributed by atoms with Crippen molar-refractivity contribution in [3.8, 4) is 0 Å². The first-order valence-electron chi connectivity index (χ1n) is 3.89. The first-order valence-corrected chi connectivity index (χ1v) is 5.01. The predicted molar refractivity (Wildman–Crippen MR) is 49.1 cm³/mol. The third-order valence-electron chi connectivity index (χ3n) is 1.39. The van der Waals surface area contributed by atoms with Gasteiger partial charge in [-0.2, -0.15) is 0 Å². The highest BCUT2D eigenvalue weighted by Crippen LogP contribution is 1.98. The van der Waals surface area contributed by atoms with E-state index >= 15 is 0 Å². The monoisotopic (exact) mass is 233 g/mol. The van der Waals surface area contributed by atoms with Crippen LogP contribution in [-0.2, 0) is 16.6 Å². The first-order chi connectivity index (χ1) is 5.86. The lowest BCUT2D eigenvalue weighted by atomic mass is 10.5. The molecular weight excluding hydrogens is 222 g/mol. The van der Waals surface area contributed by atoms with Crippen LogP contribution in [0, 0.1) is 0 Å². The summed E-state index contributed by atoms with van der Waals surface area (Å²) in [6.07, 6.45) is 1.91. The Morgan fingerprint density at radius 3 is 3.08 bits per heavy atom. The molecule has 0 fully saturated rings. The van der Waals surface area contributed by atoms with Crippen LogP contribution in [0.5, 0.6) is 0 Å². The van der Waals surface area contributed by atoms with Crippen molar-refractivity contribution in [2.24, 2.45) is 0 Å². The molecule has 0 saturated heterocycles. The van der Waals surface area contributed by atoms with Crippen molar-refractivity contribution in [1.29, 1.82) is 0 Å². The molecule has 0 saturated carbocycles. The van der Waals surface area contributed by atoms with Gasteiger partial charge in [0.25, 0.3) is 0 Å². The minimum atomic E-state index is 0.696. The summed E-state index contributed by atoms with van der Waals surface area (Å²) in [6.45, 7) is 4.20. The van der Waals surface area contributed by atoms with Crippen molar-refractivity contribution in [1.82, 2.24) is 15.0 Å². The molecule has 0 aliphatic heterocycles. The quantitative estimate of drug-likeness (QED) is 0.567. The van der Waals surface area contributed by atoms with Crippen molar-refractivity contribution in [2.45, 2.75) is 18.8 Å². The fourth-order valence-electron chi connectivity index (χ4n) is 0.811. The average Bonchev–Trinajstić information content (AvgIpc) is 2.53. The number of ether oxygens (including phenoxy) is 1. The Bertz CT molecular complexity index is 226. The van der Waals surface area contributed by atoms with Gasteiger partial charge in [-0.15, -0.1) is 5.10 Å². The largest absolute Gasteiger partial charge is 0.380 e.